The summed E-state index contributed by atoms with van der Waals surface area (Å²) in [5.41, 5.74) is 6.03. The fourth-order valence-corrected chi connectivity index (χ4v) is 1.93. The molecule has 13 heavy (non-hydrogen) atoms. The van der Waals surface area contributed by atoms with Crippen LogP contribution in [0.1, 0.15) is 40.0 Å². The van der Waals surface area contributed by atoms with E-state index in [1.54, 1.807) is 0 Å². The van der Waals surface area contributed by atoms with Crippen molar-refractivity contribution in [2.45, 2.75) is 58.2 Å². The Morgan fingerprint density at radius 2 is 1.92 bits per heavy atom. The topological polar surface area (TPSA) is 29.3 Å². The van der Waals surface area contributed by atoms with E-state index in [0.29, 0.717) is 18.1 Å². The molecule has 2 heteroatoms. The summed E-state index contributed by atoms with van der Waals surface area (Å²) >= 11 is 0. The van der Waals surface area contributed by atoms with Crippen molar-refractivity contribution in [3.05, 3.63) is 0 Å². The Hall–Kier alpha value is -0.0800. The molecule has 2 N–H and O–H groups in total. The van der Waals surface area contributed by atoms with Crippen molar-refractivity contribution in [1.29, 1.82) is 0 Å². The van der Waals surface area contributed by atoms with E-state index in [2.05, 4.69) is 32.7 Å². The molecule has 2 nitrogen and oxygen atoms in total. The van der Waals surface area contributed by atoms with Crippen LogP contribution in [0, 0.1) is 5.92 Å². The van der Waals surface area contributed by atoms with E-state index in [1.165, 1.54) is 12.8 Å². The Kier molecular flexibility index (Phi) is 3.74. The maximum Gasteiger partial charge on any atom is 0.0218 e. The van der Waals surface area contributed by atoms with E-state index in [9.17, 15) is 0 Å². The highest BCUT2D eigenvalue weighted by Gasteiger charge is 2.32. The van der Waals surface area contributed by atoms with E-state index in [4.69, 9.17) is 5.73 Å². The Morgan fingerprint density at radius 3 is 2.31 bits per heavy atom. The molecular formula is C11H24N2. The average molecular weight is 184 g/mol. The number of likely N-dealkylation sites (N-methyl/N-ethyl adjacent to an activating group) is 1. The molecule has 0 aromatic rings. The Morgan fingerprint density at radius 1 is 1.38 bits per heavy atom. The number of hydrogen-bond acceptors (Lipinski definition) is 2. The highest BCUT2D eigenvalue weighted by molar-refractivity contribution is 4.88. The van der Waals surface area contributed by atoms with Crippen LogP contribution in [0.15, 0.2) is 0 Å². The van der Waals surface area contributed by atoms with Crippen LogP contribution < -0.4 is 5.73 Å². The van der Waals surface area contributed by atoms with Crippen LogP contribution in [0.4, 0.5) is 0 Å². The Bertz CT molecular complexity index is 154. The van der Waals surface area contributed by atoms with Gasteiger partial charge in [0.05, 0.1) is 0 Å². The molecule has 0 saturated heterocycles. The minimum absolute atomic E-state index is 0.325. The molecule has 78 valence electrons. The molecule has 1 aliphatic rings. The van der Waals surface area contributed by atoms with Gasteiger partial charge < -0.3 is 5.73 Å². The molecule has 0 amide bonds. The van der Waals surface area contributed by atoms with Gasteiger partial charge >= 0.3 is 0 Å². The van der Waals surface area contributed by atoms with Crippen molar-refractivity contribution >= 4 is 0 Å². The van der Waals surface area contributed by atoms with Crippen molar-refractivity contribution < 1.29 is 0 Å². The first kappa shape index (κ1) is 11.0. The molecule has 3 atom stereocenters. The number of hydrogen-bond donors (Lipinski definition) is 1. The van der Waals surface area contributed by atoms with Gasteiger partial charge in [-0.1, -0.05) is 6.92 Å². The third-order valence-electron chi connectivity index (χ3n) is 3.68. The maximum absolute atomic E-state index is 6.03. The summed E-state index contributed by atoms with van der Waals surface area (Å²) in [4.78, 5) is 2.45. The smallest absolute Gasteiger partial charge is 0.0218 e. The number of nitrogens with two attached hydrogens (primary N) is 1. The molecule has 1 rings (SSSR count). The largest absolute Gasteiger partial charge is 0.326 e. The third-order valence-corrected chi connectivity index (χ3v) is 3.68. The number of rotatable bonds is 5. The second-order valence-corrected chi connectivity index (χ2v) is 4.56. The summed E-state index contributed by atoms with van der Waals surface area (Å²) in [6.07, 6.45) is 3.90. The molecular weight excluding hydrogens is 160 g/mol. The molecule has 0 aromatic carbocycles. The summed E-state index contributed by atoms with van der Waals surface area (Å²) in [6, 6.07) is 1.55. The summed E-state index contributed by atoms with van der Waals surface area (Å²) in [6.45, 7) is 6.74. The summed E-state index contributed by atoms with van der Waals surface area (Å²) < 4.78 is 0. The minimum Gasteiger partial charge on any atom is -0.326 e. The van der Waals surface area contributed by atoms with Gasteiger partial charge in [0.1, 0.15) is 0 Å². The Labute approximate surface area is 82.5 Å². The van der Waals surface area contributed by atoms with E-state index >= 15 is 0 Å². The monoisotopic (exact) mass is 184 g/mol. The fourth-order valence-electron chi connectivity index (χ4n) is 1.93. The van der Waals surface area contributed by atoms with Gasteiger partial charge in [-0.15, -0.1) is 0 Å². The summed E-state index contributed by atoms with van der Waals surface area (Å²) in [5, 5.41) is 0. The van der Waals surface area contributed by atoms with Crippen molar-refractivity contribution in [1.82, 2.24) is 4.90 Å². The summed E-state index contributed by atoms with van der Waals surface area (Å²) in [7, 11) is 2.21. The zero-order valence-electron chi connectivity index (χ0n) is 9.46. The minimum atomic E-state index is 0.325. The zero-order valence-corrected chi connectivity index (χ0v) is 9.46. The standard InChI is InChI=1S/C11H24N2/c1-5-11(12)9(3)13(4)8(2)10-6-7-10/h8-11H,5-7,12H2,1-4H3. The van der Waals surface area contributed by atoms with Gasteiger partial charge in [0.2, 0.25) is 0 Å². The van der Waals surface area contributed by atoms with Crippen LogP contribution in [0.2, 0.25) is 0 Å². The highest BCUT2D eigenvalue weighted by atomic mass is 15.2. The number of nitrogens with zero attached hydrogens (tertiary/aromatic N) is 1. The Balaban J connectivity index is 2.39. The molecule has 0 radical (unpaired) electrons. The van der Waals surface area contributed by atoms with Crippen LogP contribution in [0.3, 0.4) is 0 Å². The predicted molar refractivity (Wildman–Crippen MR) is 57.7 cm³/mol. The first-order chi connectivity index (χ1) is 6.07. The summed E-state index contributed by atoms with van der Waals surface area (Å²) in [5.74, 6) is 0.941. The first-order valence-corrected chi connectivity index (χ1v) is 5.55. The van der Waals surface area contributed by atoms with Gasteiger partial charge in [-0.05, 0) is 46.1 Å². The lowest BCUT2D eigenvalue weighted by Crippen LogP contribution is -2.48. The lowest BCUT2D eigenvalue weighted by atomic mass is 10.0. The van der Waals surface area contributed by atoms with Gasteiger partial charge in [-0.2, -0.15) is 0 Å². The van der Waals surface area contributed by atoms with Crippen molar-refractivity contribution in [3.8, 4) is 0 Å². The molecule has 1 saturated carbocycles. The van der Waals surface area contributed by atoms with Gasteiger partial charge in [0.15, 0.2) is 0 Å². The molecule has 0 bridgehead atoms. The van der Waals surface area contributed by atoms with E-state index in [0.717, 1.165) is 12.3 Å². The second kappa shape index (κ2) is 4.43. The lowest BCUT2D eigenvalue weighted by Gasteiger charge is -2.34. The molecule has 1 fully saturated rings. The third kappa shape index (κ3) is 2.68. The highest BCUT2D eigenvalue weighted by Crippen LogP contribution is 2.35. The SMILES string of the molecule is CCC(N)C(C)N(C)C(C)C1CC1. The fraction of sp³-hybridized carbons (Fsp3) is 1.00. The van der Waals surface area contributed by atoms with Crippen molar-refractivity contribution in [2.75, 3.05) is 7.05 Å². The predicted octanol–water partition coefficient (Wildman–Crippen LogP) is 1.84. The van der Waals surface area contributed by atoms with Gasteiger partial charge in [0, 0.05) is 18.1 Å². The second-order valence-electron chi connectivity index (χ2n) is 4.56. The van der Waals surface area contributed by atoms with Gasteiger partial charge in [0.25, 0.3) is 0 Å². The van der Waals surface area contributed by atoms with Crippen molar-refractivity contribution in [3.63, 3.8) is 0 Å². The zero-order chi connectivity index (χ0) is 10.0. The van der Waals surface area contributed by atoms with Crippen LogP contribution in [0.25, 0.3) is 0 Å². The van der Waals surface area contributed by atoms with E-state index in [1.807, 2.05) is 0 Å². The molecule has 0 aliphatic heterocycles. The lowest BCUT2D eigenvalue weighted by molar-refractivity contribution is 0.155. The molecule has 3 unspecified atom stereocenters. The van der Waals surface area contributed by atoms with Gasteiger partial charge in [-0.3, -0.25) is 4.90 Å². The van der Waals surface area contributed by atoms with Crippen molar-refractivity contribution in [2.24, 2.45) is 11.7 Å². The van der Waals surface area contributed by atoms with E-state index in [-0.39, 0.29) is 0 Å². The maximum atomic E-state index is 6.03. The molecule has 1 aliphatic carbocycles. The quantitative estimate of drug-likeness (QED) is 0.706. The van der Waals surface area contributed by atoms with Gasteiger partial charge in [-0.25, -0.2) is 0 Å². The average Bonchev–Trinajstić information content (AvgIpc) is 2.96. The molecule has 0 heterocycles. The van der Waals surface area contributed by atoms with Crippen LogP contribution in [-0.4, -0.2) is 30.1 Å². The van der Waals surface area contributed by atoms with E-state index < -0.39 is 0 Å². The normalized spacial score (nSPS) is 24.5. The first-order valence-electron chi connectivity index (χ1n) is 5.55. The van der Waals surface area contributed by atoms with Crippen LogP contribution >= 0.6 is 0 Å². The molecule has 0 spiro atoms. The van der Waals surface area contributed by atoms with Crippen LogP contribution in [0.5, 0.6) is 0 Å². The van der Waals surface area contributed by atoms with Crippen LogP contribution in [-0.2, 0) is 0 Å². The molecule has 0 aromatic heterocycles.